The number of anilines is 2. The van der Waals surface area contributed by atoms with Crippen molar-refractivity contribution in [3.8, 4) is 0 Å². The van der Waals surface area contributed by atoms with Crippen LogP contribution in [-0.4, -0.2) is 16.3 Å². The van der Waals surface area contributed by atoms with Crippen molar-refractivity contribution in [1.82, 2.24) is 4.57 Å². The van der Waals surface area contributed by atoms with Gasteiger partial charge in [0.2, 0.25) is 5.91 Å². The Balaban J connectivity index is 1.31. The molecule has 1 aliphatic rings. The van der Waals surface area contributed by atoms with Crippen molar-refractivity contribution in [1.29, 1.82) is 0 Å². The lowest BCUT2D eigenvalue weighted by atomic mass is 10.0. The molecule has 3 heterocycles. The zero-order chi connectivity index (χ0) is 22.1. The Morgan fingerprint density at radius 1 is 1.06 bits per heavy atom. The number of hydrogen-bond donors (Lipinski definition) is 2. The van der Waals surface area contributed by atoms with Crippen molar-refractivity contribution in [2.75, 3.05) is 10.6 Å². The maximum atomic E-state index is 13.4. The van der Waals surface area contributed by atoms with E-state index in [0.29, 0.717) is 30.1 Å². The topological polar surface area (TPSA) is 76.3 Å². The van der Waals surface area contributed by atoms with Crippen molar-refractivity contribution in [3.05, 3.63) is 107 Å². The smallest absolute Gasteiger partial charge is 0.228 e. The summed E-state index contributed by atoms with van der Waals surface area (Å²) >= 11 is 0. The van der Waals surface area contributed by atoms with E-state index in [1.54, 1.807) is 30.5 Å². The van der Waals surface area contributed by atoms with Gasteiger partial charge in [-0.25, -0.2) is 0 Å². The second-order valence-corrected chi connectivity index (χ2v) is 8.01. The molecule has 1 atom stereocenters. The third-order valence-corrected chi connectivity index (χ3v) is 5.85. The Hall–Kier alpha value is -4.06. The van der Waals surface area contributed by atoms with Crippen LogP contribution in [0.2, 0.25) is 0 Å². The van der Waals surface area contributed by atoms with Crippen LogP contribution in [0.15, 0.2) is 83.6 Å². The molecule has 2 N–H and O–H groups in total. The van der Waals surface area contributed by atoms with Gasteiger partial charge in [0, 0.05) is 28.7 Å². The maximum Gasteiger partial charge on any atom is 0.228 e. The molecule has 1 amide bonds. The lowest BCUT2D eigenvalue weighted by Crippen LogP contribution is -2.22. The molecule has 0 fully saturated rings. The highest BCUT2D eigenvalue weighted by Gasteiger charge is 2.29. The summed E-state index contributed by atoms with van der Waals surface area (Å²) in [5.74, 6) is 0.464. The molecule has 160 valence electrons. The highest BCUT2D eigenvalue weighted by Crippen LogP contribution is 2.31. The summed E-state index contributed by atoms with van der Waals surface area (Å²) in [6.07, 6.45) is 3.90. The fraction of sp³-hybridized carbons (Fsp3) is 0.154. The van der Waals surface area contributed by atoms with Crippen LogP contribution in [0.5, 0.6) is 0 Å². The molecule has 0 saturated carbocycles. The summed E-state index contributed by atoms with van der Waals surface area (Å²) in [7, 11) is 0. The van der Waals surface area contributed by atoms with Crippen LogP contribution in [0, 0.1) is 6.92 Å². The summed E-state index contributed by atoms with van der Waals surface area (Å²) in [4.78, 5) is 25.8. The molecular weight excluding hydrogens is 402 g/mol. The molecule has 0 spiro atoms. The minimum atomic E-state index is -0.557. The molecule has 0 saturated heterocycles. The number of ketones is 1. The predicted octanol–water partition coefficient (Wildman–Crippen LogP) is 4.97. The molecule has 6 heteroatoms. The van der Waals surface area contributed by atoms with Crippen LogP contribution in [0.1, 0.15) is 38.8 Å². The van der Waals surface area contributed by atoms with E-state index in [2.05, 4.69) is 15.2 Å². The third-order valence-electron chi connectivity index (χ3n) is 5.85. The maximum absolute atomic E-state index is 13.4. The highest BCUT2D eigenvalue weighted by atomic mass is 16.3. The first kappa shape index (κ1) is 19.9. The van der Waals surface area contributed by atoms with Crippen molar-refractivity contribution in [3.63, 3.8) is 0 Å². The number of hydrogen-bond acceptors (Lipinski definition) is 4. The number of aromatic nitrogens is 1. The van der Waals surface area contributed by atoms with Gasteiger partial charge in [-0.3, -0.25) is 9.59 Å². The molecule has 4 aromatic rings. The Bertz CT molecular complexity index is 1280. The monoisotopic (exact) mass is 425 g/mol. The second-order valence-electron chi connectivity index (χ2n) is 8.01. The number of carbonyl (C=O) groups excluding carboxylic acids is 2. The highest BCUT2D eigenvalue weighted by molar-refractivity contribution is 6.02. The van der Waals surface area contributed by atoms with E-state index in [1.165, 1.54) is 0 Å². The minimum absolute atomic E-state index is 0.0630. The van der Waals surface area contributed by atoms with Crippen LogP contribution in [0.4, 0.5) is 11.6 Å². The number of amides is 1. The quantitative estimate of drug-likeness (QED) is 0.443. The van der Waals surface area contributed by atoms with E-state index in [9.17, 15) is 9.59 Å². The van der Waals surface area contributed by atoms with E-state index >= 15 is 0 Å². The first-order chi connectivity index (χ1) is 15.6. The van der Waals surface area contributed by atoms with Crippen molar-refractivity contribution >= 4 is 23.3 Å². The Labute approximate surface area is 185 Å². The second kappa shape index (κ2) is 8.23. The van der Waals surface area contributed by atoms with Gasteiger partial charge in [0.25, 0.3) is 0 Å². The van der Waals surface area contributed by atoms with E-state index in [-0.39, 0.29) is 11.7 Å². The molecule has 6 nitrogen and oxygen atoms in total. The van der Waals surface area contributed by atoms with E-state index < -0.39 is 6.04 Å². The summed E-state index contributed by atoms with van der Waals surface area (Å²) in [6, 6.07) is 20.1. The SMILES string of the molecule is Cc1ccccc1CC(=O)Nc1ccc(C(=O)C2Nc3occc3Cn3cccc32)cc1. The molecule has 32 heavy (non-hydrogen) atoms. The normalized spacial score (nSPS) is 14.6. The molecular formula is C26H23N3O3. The van der Waals surface area contributed by atoms with Gasteiger partial charge in [0.1, 0.15) is 6.04 Å². The summed E-state index contributed by atoms with van der Waals surface area (Å²) in [5.41, 5.74) is 5.19. The average molecular weight is 425 g/mol. The van der Waals surface area contributed by atoms with Crippen LogP contribution in [0.25, 0.3) is 0 Å². The minimum Gasteiger partial charge on any atom is -0.449 e. The standard InChI is InChI=1S/C26H23N3O3/c1-17-5-2-3-6-19(17)15-23(30)27-21-10-8-18(9-11-21)25(31)24-22-7-4-13-29(22)16-20-12-14-32-26(20)28-24/h2-14,24,28H,15-16H2,1H3,(H,27,30). The molecule has 1 unspecified atom stereocenters. The molecule has 2 aromatic heterocycles. The fourth-order valence-electron chi connectivity index (χ4n) is 4.08. The number of aryl methyl sites for hydroxylation is 1. The lowest BCUT2D eigenvalue weighted by Gasteiger charge is -2.17. The molecule has 2 aromatic carbocycles. The van der Waals surface area contributed by atoms with E-state index in [4.69, 9.17) is 4.42 Å². The summed E-state index contributed by atoms with van der Waals surface area (Å²) in [6.45, 7) is 2.64. The van der Waals surface area contributed by atoms with Crippen LogP contribution < -0.4 is 10.6 Å². The Morgan fingerprint density at radius 3 is 2.69 bits per heavy atom. The van der Waals surface area contributed by atoms with Gasteiger partial charge in [0.15, 0.2) is 11.7 Å². The number of Topliss-reactive ketones (excluding diaryl/α,β-unsaturated/α-hetero) is 1. The Morgan fingerprint density at radius 2 is 1.88 bits per heavy atom. The zero-order valence-electron chi connectivity index (χ0n) is 17.7. The number of fused-ring (bicyclic) bond motifs is 2. The van der Waals surface area contributed by atoms with Gasteiger partial charge in [-0.15, -0.1) is 0 Å². The van der Waals surface area contributed by atoms with Gasteiger partial charge >= 0.3 is 0 Å². The Kier molecular flexibility index (Phi) is 5.11. The van der Waals surface area contributed by atoms with E-state index in [0.717, 1.165) is 22.4 Å². The number of furan rings is 1. The third kappa shape index (κ3) is 3.83. The summed E-state index contributed by atoms with van der Waals surface area (Å²) in [5, 5.41) is 6.16. The van der Waals surface area contributed by atoms with Crippen LogP contribution in [-0.2, 0) is 17.8 Å². The van der Waals surface area contributed by atoms with Crippen molar-refractivity contribution < 1.29 is 14.0 Å². The molecule has 0 radical (unpaired) electrons. The van der Waals surface area contributed by atoms with Gasteiger partial charge < -0.3 is 19.6 Å². The first-order valence-electron chi connectivity index (χ1n) is 10.5. The molecule has 1 aliphatic heterocycles. The number of nitrogens with zero attached hydrogens (tertiary/aromatic N) is 1. The van der Waals surface area contributed by atoms with Crippen molar-refractivity contribution in [2.45, 2.75) is 25.9 Å². The van der Waals surface area contributed by atoms with Crippen molar-refractivity contribution in [2.24, 2.45) is 0 Å². The number of benzene rings is 2. The molecule has 5 rings (SSSR count). The number of carbonyl (C=O) groups is 2. The molecule has 0 bridgehead atoms. The zero-order valence-corrected chi connectivity index (χ0v) is 17.7. The average Bonchev–Trinajstić information content (AvgIpc) is 3.41. The van der Waals surface area contributed by atoms with Gasteiger partial charge in [-0.1, -0.05) is 24.3 Å². The van der Waals surface area contributed by atoms with E-state index in [1.807, 2.05) is 55.6 Å². The largest absolute Gasteiger partial charge is 0.449 e. The fourth-order valence-corrected chi connectivity index (χ4v) is 4.08. The van der Waals surface area contributed by atoms with Gasteiger partial charge in [0.05, 0.1) is 19.2 Å². The number of rotatable bonds is 5. The number of nitrogens with one attached hydrogen (secondary N) is 2. The van der Waals surface area contributed by atoms with Gasteiger partial charge in [-0.2, -0.15) is 0 Å². The first-order valence-corrected chi connectivity index (χ1v) is 10.5. The lowest BCUT2D eigenvalue weighted by molar-refractivity contribution is -0.115. The van der Waals surface area contributed by atoms with Gasteiger partial charge in [-0.05, 0) is 60.5 Å². The van der Waals surface area contributed by atoms with Crippen LogP contribution >= 0.6 is 0 Å². The predicted molar refractivity (Wildman–Crippen MR) is 123 cm³/mol. The molecule has 0 aliphatic carbocycles. The van der Waals surface area contributed by atoms with Crippen LogP contribution in [0.3, 0.4) is 0 Å². The summed E-state index contributed by atoms with van der Waals surface area (Å²) < 4.78 is 7.60.